The van der Waals surface area contributed by atoms with E-state index in [0.29, 0.717) is 18.9 Å². The molecule has 1 N–H and O–H groups in total. The van der Waals surface area contributed by atoms with Gasteiger partial charge in [0.05, 0.1) is 6.61 Å². The maximum absolute atomic E-state index is 13.7. The van der Waals surface area contributed by atoms with Crippen molar-refractivity contribution in [3.8, 4) is 5.75 Å². The minimum Gasteiger partial charge on any atom is -0.490 e. The minimum atomic E-state index is -0.317. The lowest BCUT2D eigenvalue weighted by Gasteiger charge is -2.08. The number of ether oxygens (including phenoxy) is 1. The van der Waals surface area contributed by atoms with Gasteiger partial charge >= 0.3 is 0 Å². The van der Waals surface area contributed by atoms with E-state index in [9.17, 15) is 4.39 Å². The molecule has 0 unspecified atom stereocenters. The largest absolute Gasteiger partial charge is 0.490 e. The molecule has 0 atom stereocenters. The minimum absolute atomic E-state index is 0.300. The van der Waals surface area contributed by atoms with Crippen molar-refractivity contribution in [2.45, 2.75) is 13.0 Å². The van der Waals surface area contributed by atoms with Crippen LogP contribution >= 0.6 is 0 Å². The SMILES string of the molecule is CNCc1ccc(OCCc2ccncc2)c(F)c1. The number of rotatable bonds is 6. The lowest BCUT2D eigenvalue weighted by molar-refractivity contribution is 0.305. The zero-order valence-corrected chi connectivity index (χ0v) is 10.9. The Balaban J connectivity index is 1.89. The van der Waals surface area contributed by atoms with E-state index in [2.05, 4.69) is 10.3 Å². The molecule has 0 aliphatic heterocycles. The predicted molar refractivity (Wildman–Crippen MR) is 72.6 cm³/mol. The summed E-state index contributed by atoms with van der Waals surface area (Å²) in [5.41, 5.74) is 2.03. The van der Waals surface area contributed by atoms with Crippen LogP contribution in [0, 0.1) is 5.82 Å². The van der Waals surface area contributed by atoms with Gasteiger partial charge in [-0.05, 0) is 42.4 Å². The Morgan fingerprint density at radius 2 is 1.95 bits per heavy atom. The quantitative estimate of drug-likeness (QED) is 0.866. The van der Waals surface area contributed by atoms with Crippen molar-refractivity contribution in [1.82, 2.24) is 10.3 Å². The molecule has 0 saturated heterocycles. The molecule has 2 aromatic rings. The van der Waals surface area contributed by atoms with Gasteiger partial charge in [-0.15, -0.1) is 0 Å². The summed E-state index contributed by atoms with van der Waals surface area (Å²) in [6, 6.07) is 8.89. The van der Waals surface area contributed by atoms with Crippen LogP contribution in [0.4, 0.5) is 4.39 Å². The highest BCUT2D eigenvalue weighted by atomic mass is 19.1. The number of benzene rings is 1. The Morgan fingerprint density at radius 1 is 1.16 bits per heavy atom. The lowest BCUT2D eigenvalue weighted by atomic mass is 10.2. The van der Waals surface area contributed by atoms with E-state index in [4.69, 9.17) is 4.74 Å². The average molecular weight is 260 g/mol. The van der Waals surface area contributed by atoms with Gasteiger partial charge in [0.1, 0.15) is 0 Å². The van der Waals surface area contributed by atoms with Crippen LogP contribution in [0.3, 0.4) is 0 Å². The Bertz CT molecular complexity index is 517. The van der Waals surface area contributed by atoms with Crippen LogP contribution in [0.2, 0.25) is 0 Å². The number of hydrogen-bond acceptors (Lipinski definition) is 3. The summed E-state index contributed by atoms with van der Waals surface area (Å²) in [5, 5.41) is 2.98. The smallest absolute Gasteiger partial charge is 0.165 e. The molecule has 1 aromatic carbocycles. The molecule has 0 radical (unpaired) electrons. The Labute approximate surface area is 112 Å². The number of hydrogen-bond donors (Lipinski definition) is 1. The summed E-state index contributed by atoms with van der Waals surface area (Å²) >= 11 is 0. The standard InChI is InChI=1S/C15H17FN2O/c1-17-11-13-2-3-15(14(16)10-13)19-9-6-12-4-7-18-8-5-12/h2-5,7-8,10,17H,6,9,11H2,1H3. The van der Waals surface area contributed by atoms with Crippen molar-refractivity contribution in [1.29, 1.82) is 0 Å². The number of halogens is 1. The normalized spacial score (nSPS) is 10.4. The van der Waals surface area contributed by atoms with Gasteiger partial charge in [0.2, 0.25) is 0 Å². The second-order valence-corrected chi connectivity index (χ2v) is 4.25. The Morgan fingerprint density at radius 3 is 2.63 bits per heavy atom. The first-order chi connectivity index (χ1) is 9.29. The van der Waals surface area contributed by atoms with Gasteiger partial charge in [0, 0.05) is 25.4 Å². The van der Waals surface area contributed by atoms with Crippen molar-refractivity contribution >= 4 is 0 Å². The molecule has 0 saturated carbocycles. The molecule has 1 heterocycles. The van der Waals surface area contributed by atoms with E-state index in [1.54, 1.807) is 18.5 Å². The molecule has 0 bridgehead atoms. The van der Waals surface area contributed by atoms with Gasteiger partial charge in [0.25, 0.3) is 0 Å². The third kappa shape index (κ3) is 4.03. The first kappa shape index (κ1) is 13.5. The maximum Gasteiger partial charge on any atom is 0.165 e. The average Bonchev–Trinajstić information content (AvgIpc) is 2.43. The van der Waals surface area contributed by atoms with E-state index in [1.807, 2.05) is 25.2 Å². The van der Waals surface area contributed by atoms with Crippen molar-refractivity contribution in [2.75, 3.05) is 13.7 Å². The van der Waals surface area contributed by atoms with Crippen LogP contribution < -0.4 is 10.1 Å². The van der Waals surface area contributed by atoms with E-state index in [0.717, 1.165) is 17.5 Å². The number of aromatic nitrogens is 1. The van der Waals surface area contributed by atoms with Crippen LogP contribution in [0.1, 0.15) is 11.1 Å². The summed E-state index contributed by atoms with van der Waals surface area (Å²) < 4.78 is 19.2. The Hall–Kier alpha value is -1.94. The predicted octanol–water partition coefficient (Wildman–Crippen LogP) is 2.56. The van der Waals surface area contributed by atoms with Crippen molar-refractivity contribution in [3.05, 3.63) is 59.7 Å². The van der Waals surface area contributed by atoms with Crippen molar-refractivity contribution < 1.29 is 9.13 Å². The van der Waals surface area contributed by atoms with Gasteiger partial charge in [-0.1, -0.05) is 6.07 Å². The molecule has 4 heteroatoms. The zero-order valence-electron chi connectivity index (χ0n) is 10.9. The van der Waals surface area contributed by atoms with Crippen LogP contribution in [0.5, 0.6) is 5.75 Å². The van der Waals surface area contributed by atoms with E-state index in [1.165, 1.54) is 6.07 Å². The van der Waals surface area contributed by atoms with Gasteiger partial charge in [0.15, 0.2) is 11.6 Å². The second kappa shape index (κ2) is 6.85. The molecule has 19 heavy (non-hydrogen) atoms. The summed E-state index contributed by atoms with van der Waals surface area (Å²) in [6.07, 6.45) is 4.21. The summed E-state index contributed by atoms with van der Waals surface area (Å²) in [6.45, 7) is 1.10. The molecule has 0 aliphatic carbocycles. The third-order valence-electron chi connectivity index (χ3n) is 2.77. The van der Waals surface area contributed by atoms with Crippen LogP contribution in [-0.4, -0.2) is 18.6 Å². The van der Waals surface area contributed by atoms with Crippen LogP contribution in [0.15, 0.2) is 42.7 Å². The molecule has 0 amide bonds. The molecule has 2 rings (SSSR count). The monoisotopic (exact) mass is 260 g/mol. The van der Waals surface area contributed by atoms with Gasteiger partial charge in [-0.2, -0.15) is 0 Å². The Kier molecular flexibility index (Phi) is 4.86. The molecule has 0 spiro atoms. The molecule has 0 fully saturated rings. The highest BCUT2D eigenvalue weighted by Gasteiger charge is 2.04. The lowest BCUT2D eigenvalue weighted by Crippen LogP contribution is -2.06. The van der Waals surface area contributed by atoms with E-state index in [-0.39, 0.29) is 5.82 Å². The van der Waals surface area contributed by atoms with Crippen molar-refractivity contribution in [2.24, 2.45) is 0 Å². The maximum atomic E-state index is 13.7. The summed E-state index contributed by atoms with van der Waals surface area (Å²) in [5.74, 6) is -0.0172. The van der Waals surface area contributed by atoms with Gasteiger partial charge < -0.3 is 10.1 Å². The third-order valence-corrected chi connectivity index (χ3v) is 2.77. The van der Waals surface area contributed by atoms with Gasteiger partial charge in [-0.3, -0.25) is 4.98 Å². The highest BCUT2D eigenvalue weighted by molar-refractivity contribution is 5.29. The van der Waals surface area contributed by atoms with Gasteiger partial charge in [-0.25, -0.2) is 4.39 Å². The fraction of sp³-hybridized carbons (Fsp3) is 0.267. The van der Waals surface area contributed by atoms with Crippen molar-refractivity contribution in [3.63, 3.8) is 0 Å². The number of nitrogens with zero attached hydrogens (tertiary/aromatic N) is 1. The highest BCUT2D eigenvalue weighted by Crippen LogP contribution is 2.18. The fourth-order valence-corrected chi connectivity index (χ4v) is 1.80. The van der Waals surface area contributed by atoms with E-state index >= 15 is 0 Å². The molecular weight excluding hydrogens is 243 g/mol. The summed E-state index contributed by atoms with van der Waals surface area (Å²) in [4.78, 5) is 3.95. The number of pyridine rings is 1. The molecular formula is C15H17FN2O. The van der Waals surface area contributed by atoms with Crippen LogP contribution in [0.25, 0.3) is 0 Å². The zero-order chi connectivity index (χ0) is 13.5. The molecule has 3 nitrogen and oxygen atoms in total. The molecule has 1 aromatic heterocycles. The first-order valence-corrected chi connectivity index (χ1v) is 6.24. The first-order valence-electron chi connectivity index (χ1n) is 6.24. The molecule has 100 valence electrons. The summed E-state index contributed by atoms with van der Waals surface area (Å²) in [7, 11) is 1.83. The number of nitrogens with one attached hydrogen (secondary N) is 1. The topological polar surface area (TPSA) is 34.1 Å². The molecule has 0 aliphatic rings. The van der Waals surface area contributed by atoms with Crippen LogP contribution in [-0.2, 0) is 13.0 Å². The second-order valence-electron chi connectivity index (χ2n) is 4.25. The fourth-order valence-electron chi connectivity index (χ4n) is 1.80. The van der Waals surface area contributed by atoms with E-state index < -0.39 is 0 Å².